The van der Waals surface area contributed by atoms with E-state index in [1.54, 1.807) is 6.20 Å². The van der Waals surface area contributed by atoms with Crippen molar-refractivity contribution < 1.29 is 5.73 Å². The first kappa shape index (κ1) is 6.71. The predicted molar refractivity (Wildman–Crippen MR) is 38.5 cm³/mol. The monoisotopic (exact) mass is 187 g/mol. The Morgan fingerprint density at radius 1 is 1.56 bits per heavy atom. The van der Waals surface area contributed by atoms with Crippen molar-refractivity contribution in [3.63, 3.8) is 0 Å². The minimum Gasteiger partial charge on any atom is -0.353 e. The summed E-state index contributed by atoms with van der Waals surface area (Å²) in [5.74, 6) is 0. The van der Waals surface area contributed by atoms with E-state index < -0.39 is 0 Å². The molecule has 0 aromatic carbocycles. The van der Waals surface area contributed by atoms with Crippen LogP contribution in [-0.2, 0) is 6.54 Å². The van der Waals surface area contributed by atoms with Gasteiger partial charge in [-0.1, -0.05) is 0 Å². The molecular formula is C6H8BrN2+. The SMILES string of the molecule is [NH3+]Cc1ccc(Br)cn1. The first-order valence-corrected chi connectivity index (χ1v) is 3.52. The quantitative estimate of drug-likeness (QED) is 0.688. The zero-order valence-electron chi connectivity index (χ0n) is 4.97. The van der Waals surface area contributed by atoms with Crippen molar-refractivity contribution in [3.05, 3.63) is 28.5 Å². The highest BCUT2D eigenvalue weighted by molar-refractivity contribution is 9.10. The average molecular weight is 188 g/mol. The van der Waals surface area contributed by atoms with Gasteiger partial charge >= 0.3 is 0 Å². The molecule has 1 aromatic heterocycles. The smallest absolute Gasteiger partial charge is 0.117 e. The van der Waals surface area contributed by atoms with Gasteiger partial charge in [0.2, 0.25) is 0 Å². The largest absolute Gasteiger partial charge is 0.353 e. The van der Waals surface area contributed by atoms with Crippen molar-refractivity contribution in [2.75, 3.05) is 0 Å². The third kappa shape index (κ3) is 1.77. The highest BCUT2D eigenvalue weighted by Crippen LogP contribution is 2.06. The molecular weight excluding hydrogens is 180 g/mol. The standard InChI is InChI=1S/C6H7BrN2/c7-5-1-2-6(3-8)9-4-5/h1-2,4H,3,8H2/p+1. The Morgan fingerprint density at radius 2 is 2.33 bits per heavy atom. The number of aromatic nitrogens is 1. The Labute approximate surface area is 62.2 Å². The normalized spacial score (nSPS) is 9.56. The molecule has 48 valence electrons. The van der Waals surface area contributed by atoms with Gasteiger partial charge in [0.1, 0.15) is 6.54 Å². The average Bonchev–Trinajstić information content (AvgIpc) is 1.90. The van der Waals surface area contributed by atoms with Gasteiger partial charge in [0.15, 0.2) is 0 Å². The Kier molecular flexibility index (Phi) is 2.19. The van der Waals surface area contributed by atoms with Gasteiger partial charge in [0, 0.05) is 10.7 Å². The molecule has 0 amide bonds. The Bertz CT molecular complexity index is 183. The van der Waals surface area contributed by atoms with Crippen molar-refractivity contribution in [1.82, 2.24) is 4.98 Å². The van der Waals surface area contributed by atoms with E-state index in [0.717, 1.165) is 16.7 Å². The van der Waals surface area contributed by atoms with Crippen LogP contribution in [0.4, 0.5) is 0 Å². The topological polar surface area (TPSA) is 40.5 Å². The number of rotatable bonds is 1. The van der Waals surface area contributed by atoms with E-state index in [9.17, 15) is 0 Å². The van der Waals surface area contributed by atoms with E-state index in [1.807, 2.05) is 12.1 Å². The predicted octanol–water partition coefficient (Wildman–Crippen LogP) is 0.586. The van der Waals surface area contributed by atoms with Crippen molar-refractivity contribution >= 4 is 15.9 Å². The first-order chi connectivity index (χ1) is 4.33. The van der Waals surface area contributed by atoms with Crippen LogP contribution < -0.4 is 5.73 Å². The number of nitrogens with zero attached hydrogens (tertiary/aromatic N) is 1. The molecule has 0 unspecified atom stereocenters. The third-order valence-corrected chi connectivity index (χ3v) is 1.51. The van der Waals surface area contributed by atoms with Crippen LogP contribution in [0, 0.1) is 0 Å². The molecule has 0 aliphatic heterocycles. The Morgan fingerprint density at radius 3 is 2.78 bits per heavy atom. The molecule has 2 nitrogen and oxygen atoms in total. The molecule has 0 aliphatic carbocycles. The molecule has 1 heterocycles. The maximum Gasteiger partial charge on any atom is 0.117 e. The minimum absolute atomic E-state index is 0.757. The lowest BCUT2D eigenvalue weighted by Gasteiger charge is -1.90. The summed E-state index contributed by atoms with van der Waals surface area (Å²) in [4.78, 5) is 4.09. The molecule has 0 fully saturated rings. The van der Waals surface area contributed by atoms with Gasteiger partial charge in [-0.2, -0.15) is 0 Å². The molecule has 0 radical (unpaired) electrons. The number of pyridine rings is 1. The minimum atomic E-state index is 0.757. The number of hydrogen-bond donors (Lipinski definition) is 1. The van der Waals surface area contributed by atoms with Crippen LogP contribution in [0.5, 0.6) is 0 Å². The number of quaternary nitrogens is 1. The number of halogens is 1. The highest BCUT2D eigenvalue weighted by Gasteiger charge is 1.89. The summed E-state index contributed by atoms with van der Waals surface area (Å²) in [7, 11) is 0. The maximum absolute atomic E-state index is 4.09. The molecule has 3 N–H and O–H groups in total. The fraction of sp³-hybridized carbons (Fsp3) is 0.167. The van der Waals surface area contributed by atoms with E-state index in [-0.39, 0.29) is 0 Å². The summed E-state index contributed by atoms with van der Waals surface area (Å²) in [5.41, 5.74) is 4.73. The number of hydrogen-bond acceptors (Lipinski definition) is 1. The Hall–Kier alpha value is -0.410. The third-order valence-electron chi connectivity index (χ3n) is 1.04. The van der Waals surface area contributed by atoms with E-state index in [1.165, 1.54) is 0 Å². The molecule has 0 saturated carbocycles. The maximum atomic E-state index is 4.09. The Balaban J connectivity index is 2.88. The summed E-state index contributed by atoms with van der Waals surface area (Å²) >= 11 is 3.29. The lowest BCUT2D eigenvalue weighted by Crippen LogP contribution is -2.47. The van der Waals surface area contributed by atoms with Gasteiger partial charge in [-0.3, -0.25) is 4.98 Å². The van der Waals surface area contributed by atoms with Crippen LogP contribution in [0.25, 0.3) is 0 Å². The van der Waals surface area contributed by atoms with Crippen molar-refractivity contribution in [2.45, 2.75) is 6.54 Å². The van der Waals surface area contributed by atoms with Gasteiger partial charge in [-0.05, 0) is 28.1 Å². The summed E-state index contributed by atoms with van der Waals surface area (Å²) in [6.07, 6.45) is 1.78. The summed E-state index contributed by atoms with van der Waals surface area (Å²) in [6, 6.07) is 3.92. The van der Waals surface area contributed by atoms with Crippen molar-refractivity contribution in [3.8, 4) is 0 Å². The van der Waals surface area contributed by atoms with Crippen LogP contribution in [0.15, 0.2) is 22.8 Å². The van der Waals surface area contributed by atoms with Gasteiger partial charge in [-0.15, -0.1) is 0 Å². The lowest BCUT2D eigenvalue weighted by atomic mass is 10.4. The van der Waals surface area contributed by atoms with Gasteiger partial charge in [0.25, 0.3) is 0 Å². The van der Waals surface area contributed by atoms with E-state index in [4.69, 9.17) is 0 Å². The van der Waals surface area contributed by atoms with Crippen LogP contribution in [-0.4, -0.2) is 4.98 Å². The zero-order valence-corrected chi connectivity index (χ0v) is 6.56. The summed E-state index contributed by atoms with van der Waals surface area (Å²) in [5, 5.41) is 0. The van der Waals surface area contributed by atoms with E-state index in [0.29, 0.717) is 0 Å². The van der Waals surface area contributed by atoms with Crippen LogP contribution in [0.1, 0.15) is 5.69 Å². The molecule has 0 aliphatic rings. The van der Waals surface area contributed by atoms with Crippen LogP contribution in [0.3, 0.4) is 0 Å². The summed E-state index contributed by atoms with van der Waals surface area (Å²) in [6.45, 7) is 0.757. The first-order valence-electron chi connectivity index (χ1n) is 2.72. The van der Waals surface area contributed by atoms with Gasteiger partial charge < -0.3 is 5.73 Å². The molecule has 1 aromatic rings. The molecule has 0 spiro atoms. The van der Waals surface area contributed by atoms with Crippen molar-refractivity contribution in [2.24, 2.45) is 0 Å². The molecule has 0 atom stereocenters. The zero-order chi connectivity index (χ0) is 6.69. The second-order valence-electron chi connectivity index (χ2n) is 1.72. The highest BCUT2D eigenvalue weighted by atomic mass is 79.9. The molecule has 9 heavy (non-hydrogen) atoms. The van der Waals surface area contributed by atoms with Gasteiger partial charge in [0.05, 0.1) is 5.69 Å². The molecule has 1 rings (SSSR count). The fourth-order valence-electron chi connectivity index (χ4n) is 0.554. The fourth-order valence-corrected chi connectivity index (χ4v) is 0.789. The van der Waals surface area contributed by atoms with Crippen molar-refractivity contribution in [1.29, 1.82) is 0 Å². The van der Waals surface area contributed by atoms with Gasteiger partial charge in [-0.25, -0.2) is 0 Å². The van der Waals surface area contributed by atoms with E-state index in [2.05, 4.69) is 26.6 Å². The lowest BCUT2D eigenvalue weighted by molar-refractivity contribution is -0.387. The molecule has 3 heteroatoms. The summed E-state index contributed by atoms with van der Waals surface area (Å²) < 4.78 is 1.01. The van der Waals surface area contributed by atoms with Crippen LogP contribution >= 0.6 is 15.9 Å². The second kappa shape index (κ2) is 2.94. The second-order valence-corrected chi connectivity index (χ2v) is 2.63. The van der Waals surface area contributed by atoms with Crippen LogP contribution in [0.2, 0.25) is 0 Å². The van der Waals surface area contributed by atoms with E-state index >= 15 is 0 Å². The molecule has 0 bridgehead atoms. The molecule has 0 saturated heterocycles.